The minimum Gasteiger partial charge on any atom is -0.457 e. The summed E-state index contributed by atoms with van der Waals surface area (Å²) in [7, 11) is 0. The van der Waals surface area contributed by atoms with Crippen molar-refractivity contribution in [1.82, 2.24) is 0 Å². The van der Waals surface area contributed by atoms with Gasteiger partial charge < -0.3 is 14.8 Å². The van der Waals surface area contributed by atoms with Gasteiger partial charge in [-0.1, -0.05) is 15.9 Å². The first-order valence-corrected chi connectivity index (χ1v) is 8.98. The molecule has 2 aromatic carbocycles. The topological polar surface area (TPSA) is 30.5 Å². The highest BCUT2D eigenvalue weighted by Crippen LogP contribution is 2.38. The SMILES string of the molecule is Brc1ccc(Oc2ccc(NCC3CC4CCC3O4)cc2)cc1. The molecule has 2 aliphatic rings. The Hall–Kier alpha value is -1.52. The monoisotopic (exact) mass is 373 g/mol. The summed E-state index contributed by atoms with van der Waals surface area (Å²) in [5.41, 5.74) is 1.14. The number of anilines is 1. The van der Waals surface area contributed by atoms with E-state index in [2.05, 4.69) is 33.4 Å². The van der Waals surface area contributed by atoms with Crippen molar-refractivity contribution in [2.24, 2.45) is 5.92 Å². The average Bonchev–Trinajstić information content (AvgIpc) is 3.19. The minimum absolute atomic E-state index is 0.479. The highest BCUT2D eigenvalue weighted by molar-refractivity contribution is 9.10. The Labute approximate surface area is 145 Å². The molecule has 3 nitrogen and oxygen atoms in total. The summed E-state index contributed by atoms with van der Waals surface area (Å²) in [4.78, 5) is 0. The van der Waals surface area contributed by atoms with Crippen LogP contribution >= 0.6 is 15.9 Å². The number of nitrogens with one attached hydrogen (secondary N) is 1. The second-order valence-corrected chi connectivity index (χ2v) is 7.25. The van der Waals surface area contributed by atoms with Gasteiger partial charge in [-0.25, -0.2) is 0 Å². The predicted molar refractivity (Wildman–Crippen MR) is 95.1 cm³/mol. The Morgan fingerprint density at radius 3 is 2.30 bits per heavy atom. The fourth-order valence-electron chi connectivity index (χ4n) is 3.49. The second kappa shape index (κ2) is 6.54. The predicted octanol–water partition coefficient (Wildman–Crippen LogP) is 5.22. The highest BCUT2D eigenvalue weighted by atomic mass is 79.9. The Balaban J connectivity index is 1.32. The molecule has 23 heavy (non-hydrogen) atoms. The second-order valence-electron chi connectivity index (χ2n) is 6.33. The number of benzene rings is 2. The summed E-state index contributed by atoms with van der Waals surface area (Å²) in [6, 6.07) is 16.0. The van der Waals surface area contributed by atoms with Crippen LogP contribution in [-0.4, -0.2) is 18.8 Å². The zero-order chi connectivity index (χ0) is 15.6. The van der Waals surface area contributed by atoms with E-state index in [4.69, 9.17) is 9.47 Å². The van der Waals surface area contributed by atoms with Crippen LogP contribution in [0.3, 0.4) is 0 Å². The van der Waals surface area contributed by atoms with Gasteiger partial charge in [0.25, 0.3) is 0 Å². The number of rotatable bonds is 5. The van der Waals surface area contributed by atoms with E-state index in [1.807, 2.05) is 36.4 Å². The van der Waals surface area contributed by atoms with Crippen LogP contribution in [-0.2, 0) is 4.74 Å². The summed E-state index contributed by atoms with van der Waals surface area (Å²) < 4.78 is 12.8. The summed E-state index contributed by atoms with van der Waals surface area (Å²) in [6.45, 7) is 0.994. The first-order chi connectivity index (χ1) is 11.3. The average molecular weight is 374 g/mol. The molecule has 120 valence electrons. The van der Waals surface area contributed by atoms with Gasteiger partial charge in [-0.15, -0.1) is 0 Å². The zero-order valence-corrected chi connectivity index (χ0v) is 14.5. The van der Waals surface area contributed by atoms with Gasteiger partial charge in [0, 0.05) is 22.6 Å². The summed E-state index contributed by atoms with van der Waals surface area (Å²) in [5, 5.41) is 3.53. The van der Waals surface area contributed by atoms with E-state index in [9.17, 15) is 0 Å². The molecule has 2 aliphatic heterocycles. The van der Waals surface area contributed by atoms with Crippen molar-refractivity contribution in [1.29, 1.82) is 0 Å². The molecule has 0 amide bonds. The van der Waals surface area contributed by atoms with Gasteiger partial charge in [0.1, 0.15) is 11.5 Å². The maximum atomic E-state index is 5.90. The van der Waals surface area contributed by atoms with Crippen molar-refractivity contribution >= 4 is 21.6 Å². The lowest BCUT2D eigenvalue weighted by Crippen LogP contribution is -2.24. The molecule has 2 bridgehead atoms. The third kappa shape index (κ3) is 3.54. The molecule has 2 fully saturated rings. The standard InChI is InChI=1S/C19H20BrNO2/c20-14-1-5-16(6-2-14)22-17-7-3-15(4-8-17)21-12-13-11-18-9-10-19(13)23-18/h1-8,13,18-19,21H,9-12H2. The highest BCUT2D eigenvalue weighted by Gasteiger charge is 2.40. The van der Waals surface area contributed by atoms with E-state index in [-0.39, 0.29) is 0 Å². The molecule has 4 rings (SSSR count). The Bertz CT molecular complexity index is 656. The quantitative estimate of drug-likeness (QED) is 0.778. The van der Waals surface area contributed by atoms with Crippen LogP contribution in [0, 0.1) is 5.92 Å². The summed E-state index contributed by atoms with van der Waals surface area (Å²) in [6.07, 6.45) is 4.70. The fourth-order valence-corrected chi connectivity index (χ4v) is 3.75. The number of halogens is 1. The lowest BCUT2D eigenvalue weighted by molar-refractivity contribution is 0.0941. The van der Waals surface area contributed by atoms with E-state index in [1.165, 1.54) is 19.3 Å². The molecule has 2 aromatic rings. The number of hydrogen-bond donors (Lipinski definition) is 1. The molecule has 3 unspecified atom stereocenters. The molecular formula is C19H20BrNO2. The van der Waals surface area contributed by atoms with Gasteiger partial charge in [-0.2, -0.15) is 0 Å². The molecule has 3 atom stereocenters. The first-order valence-electron chi connectivity index (χ1n) is 8.19. The van der Waals surface area contributed by atoms with Gasteiger partial charge in [-0.3, -0.25) is 0 Å². The van der Waals surface area contributed by atoms with Gasteiger partial charge in [0.15, 0.2) is 0 Å². The molecular weight excluding hydrogens is 354 g/mol. The van der Waals surface area contributed by atoms with Crippen molar-refractivity contribution < 1.29 is 9.47 Å². The molecule has 2 saturated heterocycles. The normalized spacial score (nSPS) is 25.5. The molecule has 1 N–H and O–H groups in total. The van der Waals surface area contributed by atoms with E-state index in [0.717, 1.165) is 28.2 Å². The van der Waals surface area contributed by atoms with Crippen LogP contribution < -0.4 is 10.1 Å². The van der Waals surface area contributed by atoms with E-state index >= 15 is 0 Å². The lowest BCUT2D eigenvalue weighted by Gasteiger charge is -2.19. The number of fused-ring (bicyclic) bond motifs is 2. The van der Waals surface area contributed by atoms with E-state index < -0.39 is 0 Å². The van der Waals surface area contributed by atoms with Crippen LogP contribution in [0.1, 0.15) is 19.3 Å². The third-order valence-corrected chi connectivity index (χ3v) is 5.23. The zero-order valence-electron chi connectivity index (χ0n) is 12.9. The largest absolute Gasteiger partial charge is 0.457 e. The van der Waals surface area contributed by atoms with Gasteiger partial charge >= 0.3 is 0 Å². The molecule has 0 aromatic heterocycles. The number of ether oxygens (including phenoxy) is 2. The van der Waals surface area contributed by atoms with Crippen LogP contribution in [0.15, 0.2) is 53.0 Å². The molecule has 0 spiro atoms. The Morgan fingerprint density at radius 1 is 1.00 bits per heavy atom. The van der Waals surface area contributed by atoms with Crippen molar-refractivity contribution in [2.75, 3.05) is 11.9 Å². The van der Waals surface area contributed by atoms with Crippen molar-refractivity contribution in [3.8, 4) is 11.5 Å². The fraction of sp³-hybridized carbons (Fsp3) is 0.368. The third-order valence-electron chi connectivity index (χ3n) is 4.70. The van der Waals surface area contributed by atoms with Crippen molar-refractivity contribution in [3.63, 3.8) is 0 Å². The number of hydrogen-bond acceptors (Lipinski definition) is 3. The van der Waals surface area contributed by atoms with Crippen LogP contribution in [0.25, 0.3) is 0 Å². The molecule has 0 aliphatic carbocycles. The van der Waals surface area contributed by atoms with Gasteiger partial charge in [-0.05, 0) is 67.8 Å². The first kappa shape index (κ1) is 15.0. The lowest BCUT2D eigenvalue weighted by atomic mass is 9.89. The van der Waals surface area contributed by atoms with Crippen molar-refractivity contribution in [3.05, 3.63) is 53.0 Å². The summed E-state index contributed by atoms with van der Waals surface area (Å²) >= 11 is 3.42. The van der Waals surface area contributed by atoms with Crippen LogP contribution in [0.4, 0.5) is 5.69 Å². The Kier molecular flexibility index (Phi) is 4.27. The van der Waals surface area contributed by atoms with Gasteiger partial charge in [0.05, 0.1) is 12.2 Å². The Morgan fingerprint density at radius 2 is 1.70 bits per heavy atom. The maximum absolute atomic E-state index is 5.90. The summed E-state index contributed by atoms with van der Waals surface area (Å²) in [5.74, 6) is 2.35. The van der Waals surface area contributed by atoms with Gasteiger partial charge in [0.2, 0.25) is 0 Å². The molecule has 0 saturated carbocycles. The molecule has 4 heteroatoms. The molecule has 0 radical (unpaired) electrons. The van der Waals surface area contributed by atoms with E-state index in [1.54, 1.807) is 0 Å². The smallest absolute Gasteiger partial charge is 0.127 e. The molecule has 2 heterocycles. The van der Waals surface area contributed by atoms with Crippen LogP contribution in [0.2, 0.25) is 0 Å². The minimum atomic E-state index is 0.479. The van der Waals surface area contributed by atoms with Crippen LogP contribution in [0.5, 0.6) is 11.5 Å². The maximum Gasteiger partial charge on any atom is 0.127 e. The van der Waals surface area contributed by atoms with E-state index in [0.29, 0.717) is 18.1 Å². The van der Waals surface area contributed by atoms with Crippen molar-refractivity contribution in [2.45, 2.75) is 31.5 Å².